The minimum atomic E-state index is -0.185. The maximum absolute atomic E-state index is 12.7. The number of rotatable bonds is 7. The molecule has 1 N–H and O–H groups in total. The number of carbonyl (C=O) groups excluding carboxylic acids is 1. The molecular formula is C23H26ClN5O2S. The standard InChI is InChI=1S/C23H26ClN5O2S/c1-16-7-9-18(10-8-16)29-22(28-11-13-31-14-12-28)26-27-23(29)32-15-21(30)25-17(2)19-5-3-4-6-20(19)24/h3-10,17H,11-15H2,1-2H3,(H,25,30). The van der Waals surface area contributed by atoms with Crippen molar-refractivity contribution in [2.24, 2.45) is 0 Å². The van der Waals surface area contributed by atoms with Gasteiger partial charge in [0, 0.05) is 18.1 Å². The molecule has 4 rings (SSSR count). The van der Waals surface area contributed by atoms with Gasteiger partial charge in [-0.05, 0) is 37.6 Å². The van der Waals surface area contributed by atoms with Crippen molar-refractivity contribution in [1.29, 1.82) is 0 Å². The highest BCUT2D eigenvalue weighted by Crippen LogP contribution is 2.28. The summed E-state index contributed by atoms with van der Waals surface area (Å²) in [6, 6.07) is 15.6. The number of ether oxygens (including phenoxy) is 1. The molecule has 2 heterocycles. The van der Waals surface area contributed by atoms with Gasteiger partial charge in [0.2, 0.25) is 11.9 Å². The summed E-state index contributed by atoms with van der Waals surface area (Å²) in [6.07, 6.45) is 0. The van der Waals surface area contributed by atoms with Gasteiger partial charge in [0.25, 0.3) is 0 Å². The van der Waals surface area contributed by atoms with Gasteiger partial charge in [-0.3, -0.25) is 9.36 Å². The zero-order valence-corrected chi connectivity index (χ0v) is 19.7. The normalized spacial score (nSPS) is 14.9. The van der Waals surface area contributed by atoms with Crippen LogP contribution in [0.15, 0.2) is 53.7 Å². The van der Waals surface area contributed by atoms with Crippen LogP contribution in [0.25, 0.3) is 5.69 Å². The Kier molecular flexibility index (Phi) is 7.34. The molecule has 1 aromatic heterocycles. The number of benzene rings is 2. The minimum Gasteiger partial charge on any atom is -0.378 e. The van der Waals surface area contributed by atoms with Gasteiger partial charge in [0.1, 0.15) is 0 Å². The van der Waals surface area contributed by atoms with Crippen molar-refractivity contribution in [3.63, 3.8) is 0 Å². The molecule has 9 heteroatoms. The number of nitrogens with one attached hydrogen (secondary N) is 1. The number of aromatic nitrogens is 3. The summed E-state index contributed by atoms with van der Waals surface area (Å²) in [6.45, 7) is 6.81. The van der Waals surface area contributed by atoms with Crippen molar-refractivity contribution < 1.29 is 9.53 Å². The molecule has 1 amide bonds. The lowest BCUT2D eigenvalue weighted by atomic mass is 10.1. The number of thioether (sulfide) groups is 1. The van der Waals surface area contributed by atoms with E-state index in [9.17, 15) is 4.79 Å². The highest BCUT2D eigenvalue weighted by molar-refractivity contribution is 7.99. The maximum Gasteiger partial charge on any atom is 0.232 e. The first kappa shape index (κ1) is 22.6. The van der Waals surface area contributed by atoms with Gasteiger partial charge in [0.05, 0.1) is 30.7 Å². The second kappa shape index (κ2) is 10.4. The van der Waals surface area contributed by atoms with Crippen LogP contribution in [-0.2, 0) is 9.53 Å². The molecule has 2 aromatic carbocycles. The molecule has 0 spiro atoms. The molecule has 0 radical (unpaired) electrons. The lowest BCUT2D eigenvalue weighted by Gasteiger charge is -2.28. The van der Waals surface area contributed by atoms with E-state index in [0.29, 0.717) is 23.4 Å². The Balaban J connectivity index is 1.50. The zero-order chi connectivity index (χ0) is 22.5. The van der Waals surface area contributed by atoms with Gasteiger partial charge in [-0.2, -0.15) is 0 Å². The second-order valence-electron chi connectivity index (χ2n) is 7.65. The number of amides is 1. The summed E-state index contributed by atoms with van der Waals surface area (Å²) >= 11 is 7.63. The Hall–Kier alpha value is -2.55. The number of halogens is 1. The van der Waals surface area contributed by atoms with Crippen molar-refractivity contribution in [3.8, 4) is 5.69 Å². The highest BCUT2D eigenvalue weighted by atomic mass is 35.5. The van der Waals surface area contributed by atoms with Crippen LogP contribution in [0, 0.1) is 6.92 Å². The molecule has 1 fully saturated rings. The van der Waals surface area contributed by atoms with E-state index in [1.165, 1.54) is 17.3 Å². The molecule has 7 nitrogen and oxygen atoms in total. The van der Waals surface area contributed by atoms with Gasteiger partial charge in [-0.1, -0.05) is 59.3 Å². The van der Waals surface area contributed by atoms with E-state index in [1.807, 2.05) is 47.9 Å². The fourth-order valence-electron chi connectivity index (χ4n) is 3.56. The number of aryl methyl sites for hydroxylation is 1. The van der Waals surface area contributed by atoms with Crippen LogP contribution < -0.4 is 10.2 Å². The predicted octanol–water partition coefficient (Wildman–Crippen LogP) is 4.04. The highest BCUT2D eigenvalue weighted by Gasteiger charge is 2.22. The Labute approximate surface area is 197 Å². The average Bonchev–Trinajstić information content (AvgIpc) is 3.23. The third-order valence-electron chi connectivity index (χ3n) is 5.28. The van der Waals surface area contributed by atoms with E-state index in [0.717, 1.165) is 30.3 Å². The van der Waals surface area contributed by atoms with Gasteiger partial charge in [-0.25, -0.2) is 0 Å². The van der Waals surface area contributed by atoms with Crippen LogP contribution in [0.3, 0.4) is 0 Å². The van der Waals surface area contributed by atoms with Crippen LogP contribution in [0.2, 0.25) is 5.02 Å². The molecule has 1 aliphatic heterocycles. The number of nitrogens with zero attached hydrogens (tertiary/aromatic N) is 4. The van der Waals surface area contributed by atoms with Crippen molar-refractivity contribution in [2.45, 2.75) is 25.0 Å². The molecule has 0 saturated carbocycles. The van der Waals surface area contributed by atoms with Crippen molar-refractivity contribution >= 4 is 35.2 Å². The van der Waals surface area contributed by atoms with E-state index in [1.54, 1.807) is 0 Å². The second-order valence-corrected chi connectivity index (χ2v) is 9.00. The fraction of sp³-hybridized carbons (Fsp3) is 0.348. The number of carbonyl (C=O) groups is 1. The molecule has 32 heavy (non-hydrogen) atoms. The summed E-state index contributed by atoms with van der Waals surface area (Å²) in [5, 5.41) is 13.2. The van der Waals surface area contributed by atoms with E-state index in [2.05, 4.69) is 39.5 Å². The first-order valence-electron chi connectivity index (χ1n) is 10.5. The van der Waals surface area contributed by atoms with Crippen molar-refractivity contribution in [1.82, 2.24) is 20.1 Å². The molecule has 1 atom stereocenters. The van der Waals surface area contributed by atoms with E-state index in [4.69, 9.17) is 16.3 Å². The Bertz CT molecular complexity index is 1070. The zero-order valence-electron chi connectivity index (χ0n) is 18.1. The third kappa shape index (κ3) is 5.26. The van der Waals surface area contributed by atoms with E-state index < -0.39 is 0 Å². The summed E-state index contributed by atoms with van der Waals surface area (Å²) < 4.78 is 7.50. The average molecular weight is 472 g/mol. The van der Waals surface area contributed by atoms with E-state index in [-0.39, 0.29) is 17.7 Å². The SMILES string of the molecule is Cc1ccc(-n2c(SCC(=O)NC(C)c3ccccc3Cl)nnc2N2CCOCC2)cc1. The van der Waals surface area contributed by atoms with Crippen LogP contribution in [0.4, 0.5) is 5.95 Å². The molecule has 3 aromatic rings. The first-order chi connectivity index (χ1) is 15.5. The smallest absolute Gasteiger partial charge is 0.232 e. The number of hydrogen-bond donors (Lipinski definition) is 1. The minimum absolute atomic E-state index is 0.0891. The van der Waals surface area contributed by atoms with Crippen LogP contribution in [0.5, 0.6) is 0 Å². The van der Waals surface area contributed by atoms with Crippen molar-refractivity contribution in [2.75, 3.05) is 37.0 Å². The first-order valence-corrected chi connectivity index (χ1v) is 11.9. The molecule has 1 saturated heterocycles. The Morgan fingerprint density at radius 3 is 2.59 bits per heavy atom. The maximum atomic E-state index is 12.7. The molecular weight excluding hydrogens is 446 g/mol. The number of morpholine rings is 1. The molecule has 1 aliphatic rings. The van der Waals surface area contributed by atoms with Gasteiger partial charge < -0.3 is 15.0 Å². The predicted molar refractivity (Wildman–Crippen MR) is 128 cm³/mol. The molecule has 0 bridgehead atoms. The van der Waals surface area contributed by atoms with Gasteiger partial charge in [0.15, 0.2) is 5.16 Å². The van der Waals surface area contributed by atoms with Gasteiger partial charge >= 0.3 is 0 Å². The molecule has 0 aliphatic carbocycles. The van der Waals surface area contributed by atoms with Gasteiger partial charge in [-0.15, -0.1) is 10.2 Å². The Morgan fingerprint density at radius 1 is 1.16 bits per heavy atom. The molecule has 168 valence electrons. The quantitative estimate of drug-likeness (QED) is 0.524. The van der Waals surface area contributed by atoms with Crippen LogP contribution in [-0.4, -0.2) is 52.7 Å². The monoisotopic (exact) mass is 471 g/mol. The lowest BCUT2D eigenvalue weighted by molar-refractivity contribution is -0.119. The fourth-order valence-corrected chi connectivity index (χ4v) is 4.62. The molecule has 1 unspecified atom stereocenters. The topological polar surface area (TPSA) is 72.3 Å². The van der Waals surface area contributed by atoms with Crippen LogP contribution in [0.1, 0.15) is 24.1 Å². The largest absolute Gasteiger partial charge is 0.378 e. The van der Waals surface area contributed by atoms with Crippen LogP contribution >= 0.6 is 23.4 Å². The summed E-state index contributed by atoms with van der Waals surface area (Å²) in [7, 11) is 0. The summed E-state index contributed by atoms with van der Waals surface area (Å²) in [5.74, 6) is 0.903. The lowest BCUT2D eigenvalue weighted by Crippen LogP contribution is -2.37. The summed E-state index contributed by atoms with van der Waals surface area (Å²) in [4.78, 5) is 14.8. The number of hydrogen-bond acceptors (Lipinski definition) is 6. The number of anilines is 1. The third-order valence-corrected chi connectivity index (χ3v) is 6.56. The van der Waals surface area contributed by atoms with Crippen molar-refractivity contribution in [3.05, 3.63) is 64.7 Å². The van der Waals surface area contributed by atoms with E-state index >= 15 is 0 Å². The summed E-state index contributed by atoms with van der Waals surface area (Å²) in [5.41, 5.74) is 3.04. The Morgan fingerprint density at radius 2 is 1.88 bits per heavy atom.